The van der Waals surface area contributed by atoms with Crippen molar-refractivity contribution in [3.05, 3.63) is 26.1 Å². The van der Waals surface area contributed by atoms with Crippen molar-refractivity contribution >= 4 is 44.3 Å². The first kappa shape index (κ1) is 15.8. The summed E-state index contributed by atoms with van der Waals surface area (Å²) in [6.45, 7) is 9.31. The number of rotatable bonds is 3. The molecule has 0 aliphatic heterocycles. The van der Waals surface area contributed by atoms with Crippen LogP contribution in [0.1, 0.15) is 33.4 Å². The molecule has 4 nitrogen and oxygen atoms in total. The Morgan fingerprint density at radius 2 is 2.00 bits per heavy atom. The van der Waals surface area contributed by atoms with Crippen molar-refractivity contribution in [3.8, 4) is 11.6 Å². The van der Waals surface area contributed by atoms with Crippen LogP contribution in [-0.2, 0) is 5.41 Å². The molecule has 0 saturated heterocycles. The Morgan fingerprint density at radius 3 is 2.50 bits per heavy atom. The highest BCUT2D eigenvalue weighted by molar-refractivity contribution is 14.1. The Hall–Kier alpha value is -0.630. The van der Waals surface area contributed by atoms with Crippen LogP contribution < -0.4 is 5.32 Å². The normalized spacial score (nSPS) is 11.7. The van der Waals surface area contributed by atoms with E-state index in [0.717, 1.165) is 21.6 Å². The number of halogens is 2. The first-order valence-corrected chi connectivity index (χ1v) is 8.27. The standard InChI is InChI=1S/C14H17BrIN3O/c1-5-17-13-10(16)11(14(2,3)4)18-12(19-13)8-6-7-9(15)20-8/h6-7H,5H2,1-4H3,(H,17,18,19). The predicted octanol–water partition coefficient (Wildman–Crippen LogP) is 4.83. The van der Waals surface area contributed by atoms with E-state index in [1.807, 2.05) is 12.1 Å². The lowest BCUT2D eigenvalue weighted by Crippen LogP contribution is -2.19. The molecule has 0 aromatic carbocycles. The molecular formula is C14H17BrIN3O. The SMILES string of the molecule is CCNc1nc(-c2ccc(Br)o2)nc(C(C)(C)C)c1I. The summed E-state index contributed by atoms with van der Waals surface area (Å²) >= 11 is 5.62. The number of hydrogen-bond donors (Lipinski definition) is 1. The molecule has 0 radical (unpaired) electrons. The van der Waals surface area contributed by atoms with Crippen LogP contribution in [0.15, 0.2) is 21.2 Å². The average Bonchev–Trinajstić information content (AvgIpc) is 2.77. The highest BCUT2D eigenvalue weighted by Gasteiger charge is 2.24. The van der Waals surface area contributed by atoms with Crippen molar-refractivity contribution in [1.29, 1.82) is 0 Å². The maximum Gasteiger partial charge on any atom is 0.198 e. The van der Waals surface area contributed by atoms with Gasteiger partial charge in [0.05, 0.1) is 9.26 Å². The van der Waals surface area contributed by atoms with Gasteiger partial charge in [0.2, 0.25) is 0 Å². The summed E-state index contributed by atoms with van der Waals surface area (Å²) in [7, 11) is 0. The van der Waals surface area contributed by atoms with Crippen molar-refractivity contribution in [3.63, 3.8) is 0 Å². The number of aromatic nitrogens is 2. The van der Waals surface area contributed by atoms with Gasteiger partial charge in [-0.1, -0.05) is 20.8 Å². The minimum atomic E-state index is -0.0534. The largest absolute Gasteiger partial charge is 0.446 e. The zero-order valence-corrected chi connectivity index (χ0v) is 15.7. The van der Waals surface area contributed by atoms with Gasteiger partial charge in [0.1, 0.15) is 5.82 Å². The number of furan rings is 1. The minimum Gasteiger partial charge on any atom is -0.446 e. The molecule has 0 spiro atoms. The number of anilines is 1. The van der Waals surface area contributed by atoms with Crippen LogP contribution in [0.5, 0.6) is 0 Å². The van der Waals surface area contributed by atoms with Gasteiger partial charge in [0.15, 0.2) is 16.3 Å². The Kier molecular flexibility index (Phi) is 4.73. The first-order valence-electron chi connectivity index (χ1n) is 6.40. The van der Waals surface area contributed by atoms with Gasteiger partial charge in [-0.2, -0.15) is 0 Å². The lowest BCUT2D eigenvalue weighted by Gasteiger charge is -2.21. The molecule has 2 heterocycles. The van der Waals surface area contributed by atoms with Crippen LogP contribution >= 0.6 is 38.5 Å². The molecule has 0 aliphatic carbocycles. The fraction of sp³-hybridized carbons (Fsp3) is 0.429. The lowest BCUT2D eigenvalue weighted by molar-refractivity contribution is 0.542. The second-order valence-electron chi connectivity index (χ2n) is 5.44. The average molecular weight is 450 g/mol. The molecular weight excluding hydrogens is 433 g/mol. The molecule has 2 aromatic rings. The molecule has 20 heavy (non-hydrogen) atoms. The Morgan fingerprint density at radius 1 is 1.30 bits per heavy atom. The molecule has 0 unspecified atom stereocenters. The van der Waals surface area contributed by atoms with Crippen LogP contribution in [0.25, 0.3) is 11.6 Å². The van der Waals surface area contributed by atoms with Crippen molar-refractivity contribution in [1.82, 2.24) is 9.97 Å². The van der Waals surface area contributed by atoms with Crippen LogP contribution in [0.3, 0.4) is 0 Å². The zero-order valence-electron chi connectivity index (χ0n) is 11.9. The van der Waals surface area contributed by atoms with E-state index in [0.29, 0.717) is 16.3 Å². The van der Waals surface area contributed by atoms with Crippen LogP contribution in [-0.4, -0.2) is 16.5 Å². The fourth-order valence-corrected chi connectivity index (χ4v) is 3.32. The molecule has 108 valence electrons. The van der Waals surface area contributed by atoms with E-state index in [-0.39, 0.29) is 5.41 Å². The molecule has 1 N–H and O–H groups in total. The van der Waals surface area contributed by atoms with Crippen LogP contribution in [0.4, 0.5) is 5.82 Å². The second-order valence-corrected chi connectivity index (χ2v) is 7.30. The van der Waals surface area contributed by atoms with Gasteiger partial charge in [-0.3, -0.25) is 0 Å². The van der Waals surface area contributed by atoms with E-state index in [4.69, 9.17) is 9.40 Å². The van der Waals surface area contributed by atoms with Gasteiger partial charge in [0, 0.05) is 12.0 Å². The van der Waals surface area contributed by atoms with Gasteiger partial charge in [0.25, 0.3) is 0 Å². The van der Waals surface area contributed by atoms with E-state index >= 15 is 0 Å². The van der Waals surface area contributed by atoms with Gasteiger partial charge >= 0.3 is 0 Å². The fourth-order valence-electron chi connectivity index (χ4n) is 1.77. The monoisotopic (exact) mass is 449 g/mol. The third kappa shape index (κ3) is 3.33. The van der Waals surface area contributed by atoms with Gasteiger partial charge in [-0.25, -0.2) is 9.97 Å². The van der Waals surface area contributed by atoms with Crippen molar-refractivity contribution in [2.75, 3.05) is 11.9 Å². The topological polar surface area (TPSA) is 51.0 Å². The van der Waals surface area contributed by atoms with E-state index in [9.17, 15) is 0 Å². The van der Waals surface area contributed by atoms with E-state index in [2.05, 4.69) is 76.5 Å². The van der Waals surface area contributed by atoms with E-state index < -0.39 is 0 Å². The molecule has 0 bridgehead atoms. The van der Waals surface area contributed by atoms with Crippen molar-refractivity contribution in [2.24, 2.45) is 0 Å². The zero-order chi connectivity index (χ0) is 14.9. The molecule has 6 heteroatoms. The van der Waals surface area contributed by atoms with Gasteiger partial charge in [-0.15, -0.1) is 0 Å². The highest BCUT2D eigenvalue weighted by Crippen LogP contribution is 2.32. The summed E-state index contributed by atoms with van der Waals surface area (Å²) < 4.78 is 7.31. The number of nitrogens with zero attached hydrogens (tertiary/aromatic N) is 2. The highest BCUT2D eigenvalue weighted by atomic mass is 127. The number of hydrogen-bond acceptors (Lipinski definition) is 4. The molecule has 0 amide bonds. The van der Waals surface area contributed by atoms with Crippen molar-refractivity contribution < 1.29 is 4.42 Å². The molecule has 0 fully saturated rings. The quantitative estimate of drug-likeness (QED) is 0.681. The third-order valence-electron chi connectivity index (χ3n) is 2.70. The molecule has 0 aliphatic rings. The van der Waals surface area contributed by atoms with Gasteiger partial charge in [-0.05, 0) is 57.6 Å². The molecule has 2 aromatic heterocycles. The summed E-state index contributed by atoms with van der Waals surface area (Å²) in [5.74, 6) is 2.13. The summed E-state index contributed by atoms with van der Waals surface area (Å²) in [6, 6.07) is 3.72. The van der Waals surface area contributed by atoms with E-state index in [1.165, 1.54) is 0 Å². The maximum absolute atomic E-state index is 5.57. The van der Waals surface area contributed by atoms with Crippen molar-refractivity contribution in [2.45, 2.75) is 33.1 Å². The Balaban J connectivity index is 2.61. The lowest BCUT2D eigenvalue weighted by atomic mass is 9.92. The van der Waals surface area contributed by atoms with Crippen LogP contribution in [0.2, 0.25) is 0 Å². The van der Waals surface area contributed by atoms with Gasteiger partial charge < -0.3 is 9.73 Å². The maximum atomic E-state index is 5.57. The summed E-state index contributed by atoms with van der Waals surface area (Å²) in [6.07, 6.45) is 0. The minimum absolute atomic E-state index is 0.0534. The predicted molar refractivity (Wildman–Crippen MR) is 93.0 cm³/mol. The smallest absolute Gasteiger partial charge is 0.198 e. The number of nitrogens with one attached hydrogen (secondary N) is 1. The second kappa shape index (κ2) is 6.01. The summed E-state index contributed by atoms with van der Waals surface area (Å²) in [4.78, 5) is 9.27. The summed E-state index contributed by atoms with van der Waals surface area (Å²) in [5.41, 5.74) is 0.967. The Labute approximate surface area is 141 Å². The van der Waals surface area contributed by atoms with E-state index in [1.54, 1.807) is 0 Å². The first-order chi connectivity index (χ1) is 9.32. The van der Waals surface area contributed by atoms with Crippen LogP contribution in [0, 0.1) is 3.57 Å². The molecule has 0 saturated carbocycles. The summed E-state index contributed by atoms with van der Waals surface area (Å²) in [5, 5.41) is 3.29. The molecule has 2 rings (SSSR count). The Bertz CT molecular complexity index is 619. The molecule has 0 atom stereocenters. The third-order valence-corrected chi connectivity index (χ3v) is 4.15.